The molecular formula is C12H23NO2. The number of carbonyl (C=O) groups is 1. The summed E-state index contributed by atoms with van der Waals surface area (Å²) >= 11 is 0. The van der Waals surface area contributed by atoms with E-state index < -0.39 is 5.97 Å². The summed E-state index contributed by atoms with van der Waals surface area (Å²) in [5, 5.41) is 8.56. The second-order valence-electron chi connectivity index (χ2n) is 3.86. The molecular weight excluding hydrogens is 190 g/mol. The predicted molar refractivity (Wildman–Crippen MR) is 62.8 cm³/mol. The highest BCUT2D eigenvalue weighted by molar-refractivity contribution is 5.80. The Labute approximate surface area is 92.4 Å². The Balaban J connectivity index is 3.51. The molecule has 0 rings (SSSR count). The number of nitrogens with two attached hydrogens (primary N) is 1. The van der Waals surface area contributed by atoms with E-state index in [2.05, 4.69) is 6.92 Å². The summed E-state index contributed by atoms with van der Waals surface area (Å²) in [5.41, 5.74) is 6.30. The van der Waals surface area contributed by atoms with Crippen molar-refractivity contribution < 1.29 is 9.90 Å². The van der Waals surface area contributed by atoms with Crippen LogP contribution in [0, 0.1) is 0 Å². The van der Waals surface area contributed by atoms with Crippen LogP contribution in [0.2, 0.25) is 0 Å². The lowest BCUT2D eigenvalue weighted by Crippen LogP contribution is -2.05. The van der Waals surface area contributed by atoms with E-state index in [0.29, 0.717) is 6.54 Å². The van der Waals surface area contributed by atoms with Crippen molar-refractivity contribution in [3.8, 4) is 0 Å². The van der Waals surface area contributed by atoms with Gasteiger partial charge in [-0.3, -0.25) is 0 Å². The zero-order valence-corrected chi connectivity index (χ0v) is 9.67. The average molecular weight is 213 g/mol. The van der Waals surface area contributed by atoms with Crippen LogP contribution in [0.4, 0.5) is 0 Å². The molecule has 15 heavy (non-hydrogen) atoms. The first-order chi connectivity index (χ1) is 7.20. The third-order valence-electron chi connectivity index (χ3n) is 2.44. The van der Waals surface area contributed by atoms with Crippen molar-refractivity contribution >= 4 is 5.97 Å². The molecule has 0 saturated heterocycles. The lowest BCUT2D eigenvalue weighted by molar-refractivity contribution is -0.131. The molecule has 88 valence electrons. The summed E-state index contributed by atoms with van der Waals surface area (Å²) in [6.45, 7) is 2.56. The van der Waals surface area contributed by atoms with Crippen molar-refractivity contribution in [2.24, 2.45) is 5.73 Å². The summed E-state index contributed by atoms with van der Waals surface area (Å²) < 4.78 is 0. The minimum Gasteiger partial charge on any atom is -0.478 e. The van der Waals surface area contributed by atoms with Gasteiger partial charge in [-0.15, -0.1) is 0 Å². The van der Waals surface area contributed by atoms with Gasteiger partial charge < -0.3 is 10.8 Å². The number of hydrogen-bond donors (Lipinski definition) is 2. The van der Waals surface area contributed by atoms with E-state index in [9.17, 15) is 4.79 Å². The molecule has 0 atom stereocenters. The van der Waals surface area contributed by atoms with Crippen LogP contribution in [0.5, 0.6) is 0 Å². The Morgan fingerprint density at radius 3 is 2.33 bits per heavy atom. The first-order valence-electron chi connectivity index (χ1n) is 5.83. The zero-order chi connectivity index (χ0) is 11.5. The van der Waals surface area contributed by atoms with Crippen LogP contribution >= 0.6 is 0 Å². The number of aliphatic carboxylic acids is 1. The number of hydrogen-bond acceptors (Lipinski definition) is 2. The minimum absolute atomic E-state index is 0.362. The van der Waals surface area contributed by atoms with Crippen LogP contribution < -0.4 is 5.73 Å². The molecule has 0 aromatic rings. The van der Waals surface area contributed by atoms with Crippen molar-refractivity contribution in [1.82, 2.24) is 0 Å². The fourth-order valence-electron chi connectivity index (χ4n) is 1.54. The number of unbranched alkanes of at least 4 members (excludes halogenated alkanes) is 5. The highest BCUT2D eigenvalue weighted by atomic mass is 16.4. The maximum absolute atomic E-state index is 10.4. The van der Waals surface area contributed by atoms with Gasteiger partial charge in [0.15, 0.2) is 0 Å². The van der Waals surface area contributed by atoms with E-state index in [4.69, 9.17) is 10.8 Å². The van der Waals surface area contributed by atoms with Gasteiger partial charge in [0.05, 0.1) is 0 Å². The van der Waals surface area contributed by atoms with Gasteiger partial charge in [0, 0.05) is 12.6 Å². The molecule has 0 aromatic heterocycles. The Bertz CT molecular complexity index is 200. The van der Waals surface area contributed by atoms with Crippen LogP contribution in [0.25, 0.3) is 0 Å². The SMILES string of the molecule is CCCCCCCCC(=CC(=O)O)CN. The average Bonchev–Trinajstić information content (AvgIpc) is 2.20. The molecule has 0 heterocycles. The Hall–Kier alpha value is -0.830. The van der Waals surface area contributed by atoms with Crippen molar-refractivity contribution in [3.05, 3.63) is 11.6 Å². The van der Waals surface area contributed by atoms with E-state index in [0.717, 1.165) is 18.4 Å². The van der Waals surface area contributed by atoms with Crippen molar-refractivity contribution in [1.29, 1.82) is 0 Å². The second-order valence-corrected chi connectivity index (χ2v) is 3.86. The largest absolute Gasteiger partial charge is 0.478 e. The van der Waals surface area contributed by atoms with Gasteiger partial charge in [-0.1, -0.05) is 39.0 Å². The van der Waals surface area contributed by atoms with Gasteiger partial charge in [-0.25, -0.2) is 4.79 Å². The quantitative estimate of drug-likeness (QED) is 0.457. The summed E-state index contributed by atoms with van der Waals surface area (Å²) in [7, 11) is 0. The van der Waals surface area contributed by atoms with Crippen molar-refractivity contribution in [3.63, 3.8) is 0 Å². The summed E-state index contributed by atoms with van der Waals surface area (Å²) in [4.78, 5) is 10.4. The van der Waals surface area contributed by atoms with Crippen LogP contribution in [0.3, 0.4) is 0 Å². The molecule has 0 aromatic carbocycles. The first kappa shape index (κ1) is 14.2. The van der Waals surface area contributed by atoms with Crippen LogP contribution in [0.1, 0.15) is 51.9 Å². The Morgan fingerprint density at radius 2 is 1.80 bits per heavy atom. The van der Waals surface area contributed by atoms with Gasteiger partial charge in [-0.2, -0.15) is 0 Å². The summed E-state index contributed by atoms with van der Waals surface area (Å²) in [6, 6.07) is 0. The maximum atomic E-state index is 10.4. The van der Waals surface area contributed by atoms with E-state index >= 15 is 0 Å². The molecule has 0 aliphatic rings. The molecule has 0 aliphatic heterocycles. The van der Waals surface area contributed by atoms with E-state index in [-0.39, 0.29) is 0 Å². The molecule has 0 radical (unpaired) electrons. The molecule has 0 spiro atoms. The van der Waals surface area contributed by atoms with Crippen LogP contribution in [-0.4, -0.2) is 17.6 Å². The Morgan fingerprint density at radius 1 is 1.20 bits per heavy atom. The third-order valence-corrected chi connectivity index (χ3v) is 2.44. The normalized spacial score (nSPS) is 11.7. The fourth-order valence-corrected chi connectivity index (χ4v) is 1.54. The number of carboxylic acids is 1. The predicted octanol–water partition coefficient (Wildman–Crippen LogP) is 2.71. The second kappa shape index (κ2) is 9.71. The number of carboxylic acid groups (broad SMARTS) is 1. The molecule has 0 bridgehead atoms. The van der Waals surface area contributed by atoms with Gasteiger partial charge >= 0.3 is 5.97 Å². The maximum Gasteiger partial charge on any atom is 0.328 e. The van der Waals surface area contributed by atoms with Gasteiger partial charge in [0.1, 0.15) is 0 Å². The molecule has 0 aliphatic carbocycles. The smallest absolute Gasteiger partial charge is 0.328 e. The molecule has 3 heteroatoms. The summed E-state index contributed by atoms with van der Waals surface area (Å²) in [6.07, 6.45) is 9.40. The molecule has 0 unspecified atom stereocenters. The standard InChI is InChI=1S/C12H23NO2/c1-2-3-4-5-6-7-8-11(10-13)9-12(14)15/h9H,2-8,10,13H2,1H3,(H,14,15). The lowest BCUT2D eigenvalue weighted by atomic mass is 10.0. The fraction of sp³-hybridized carbons (Fsp3) is 0.750. The van der Waals surface area contributed by atoms with Crippen molar-refractivity contribution in [2.75, 3.05) is 6.54 Å². The third kappa shape index (κ3) is 9.47. The highest BCUT2D eigenvalue weighted by Gasteiger charge is 1.98. The van der Waals surface area contributed by atoms with E-state index in [1.54, 1.807) is 0 Å². The molecule has 3 N–H and O–H groups in total. The first-order valence-corrected chi connectivity index (χ1v) is 5.83. The minimum atomic E-state index is -0.888. The van der Waals surface area contributed by atoms with Crippen LogP contribution in [0.15, 0.2) is 11.6 Å². The highest BCUT2D eigenvalue weighted by Crippen LogP contribution is 2.10. The zero-order valence-electron chi connectivity index (χ0n) is 9.67. The Kier molecular flexibility index (Phi) is 9.18. The lowest BCUT2D eigenvalue weighted by Gasteiger charge is -2.03. The van der Waals surface area contributed by atoms with E-state index in [1.807, 2.05) is 0 Å². The van der Waals surface area contributed by atoms with Crippen LogP contribution in [-0.2, 0) is 4.79 Å². The number of rotatable bonds is 9. The molecule has 0 saturated carbocycles. The molecule has 0 fully saturated rings. The molecule has 3 nitrogen and oxygen atoms in total. The van der Waals surface area contributed by atoms with Crippen molar-refractivity contribution in [2.45, 2.75) is 51.9 Å². The summed E-state index contributed by atoms with van der Waals surface area (Å²) in [5.74, 6) is -0.888. The van der Waals surface area contributed by atoms with Gasteiger partial charge in [0.25, 0.3) is 0 Å². The van der Waals surface area contributed by atoms with Gasteiger partial charge in [-0.05, 0) is 18.4 Å². The van der Waals surface area contributed by atoms with E-state index in [1.165, 1.54) is 38.2 Å². The topological polar surface area (TPSA) is 63.3 Å². The van der Waals surface area contributed by atoms with Gasteiger partial charge in [0.2, 0.25) is 0 Å². The monoisotopic (exact) mass is 213 g/mol. The molecule has 0 amide bonds.